The van der Waals surface area contributed by atoms with E-state index in [1.54, 1.807) is 6.92 Å². The number of carbonyl (C=O) groups excluding carboxylic acids is 1. The third-order valence-corrected chi connectivity index (χ3v) is 6.68. The van der Waals surface area contributed by atoms with Gasteiger partial charge in [0.05, 0.1) is 24.7 Å². The summed E-state index contributed by atoms with van der Waals surface area (Å²) in [5.41, 5.74) is 0.121. The summed E-state index contributed by atoms with van der Waals surface area (Å²) in [5.74, 6) is -1.14. The summed E-state index contributed by atoms with van der Waals surface area (Å²) in [7, 11) is -3.79. The first kappa shape index (κ1) is 23.0. The first-order chi connectivity index (χ1) is 12.7. The van der Waals surface area contributed by atoms with Gasteiger partial charge < -0.3 is 15.2 Å². The van der Waals surface area contributed by atoms with Crippen LogP contribution in [0.15, 0.2) is 18.2 Å². The van der Waals surface area contributed by atoms with E-state index in [-0.39, 0.29) is 64.6 Å². The van der Waals surface area contributed by atoms with Gasteiger partial charge in [-0.1, -0.05) is 0 Å². The van der Waals surface area contributed by atoms with Crippen LogP contribution in [0.1, 0.15) is 18.4 Å². The highest BCUT2D eigenvalue weighted by Crippen LogP contribution is 2.26. The van der Waals surface area contributed by atoms with E-state index in [2.05, 4.69) is 10.0 Å². The number of carbonyl (C=O) groups is 1. The van der Waals surface area contributed by atoms with Crippen LogP contribution in [0.25, 0.3) is 0 Å². The maximum Gasteiger partial charge on any atom is 0.280 e. The van der Waals surface area contributed by atoms with Crippen LogP contribution in [0.2, 0.25) is 0 Å². The van der Waals surface area contributed by atoms with Gasteiger partial charge in [-0.05, 0) is 43.5 Å². The molecule has 2 aliphatic heterocycles. The minimum Gasteiger partial charge on any atom is -0.396 e. The average molecular weight is 436 g/mol. The number of aryl methyl sites for hydroxylation is 1. The first-order valence-electron chi connectivity index (χ1n) is 8.79. The molecule has 0 aliphatic carbocycles. The molecule has 0 bridgehead atoms. The highest BCUT2D eigenvalue weighted by atomic mass is 32.2. The number of anilines is 1. The molecule has 1 atom stereocenters. The largest absolute Gasteiger partial charge is 0.396 e. The van der Waals surface area contributed by atoms with E-state index in [4.69, 9.17) is 9.84 Å². The molecular weight excluding hydrogens is 409 g/mol. The van der Waals surface area contributed by atoms with Crippen molar-refractivity contribution in [2.75, 3.05) is 38.2 Å². The summed E-state index contributed by atoms with van der Waals surface area (Å²) in [4.78, 5) is 12.4. The summed E-state index contributed by atoms with van der Waals surface area (Å²) in [6, 6.07) is 4.29. The van der Waals surface area contributed by atoms with Crippen molar-refractivity contribution in [1.82, 2.24) is 9.03 Å². The second-order valence-corrected chi connectivity index (χ2v) is 8.82. The van der Waals surface area contributed by atoms with Crippen LogP contribution in [0.4, 0.5) is 10.1 Å². The fourth-order valence-electron chi connectivity index (χ4n) is 3.28. The van der Waals surface area contributed by atoms with E-state index >= 15 is 0 Å². The zero-order chi connectivity index (χ0) is 19.7. The average Bonchev–Trinajstić information content (AvgIpc) is 3.07. The summed E-state index contributed by atoms with van der Waals surface area (Å²) >= 11 is 0. The number of hydrogen-bond donors (Lipinski definition) is 3. The standard InChI is InChI=1S/C17H24FN3O5S.H2S/c1-12-8-14(2-3-15(12)18)19-16(23)13-4-6-21(9-13)27(24,25)20-17(5-7-22)10-26-11-17;/h2-3,8,13,20,22H,4-7,9-11H2,1H3,(H,19,23);1H2/t13-;/m0./s1. The van der Waals surface area contributed by atoms with E-state index in [1.165, 1.54) is 22.5 Å². The Morgan fingerprint density at radius 1 is 1.43 bits per heavy atom. The number of nitrogens with zero attached hydrogens (tertiary/aromatic N) is 1. The van der Waals surface area contributed by atoms with Gasteiger partial charge in [-0.3, -0.25) is 4.79 Å². The SMILES string of the molecule is Cc1cc(NC(=O)[C@H]2CCN(S(=O)(=O)NC3(CCO)COC3)C2)ccc1F.S. The highest BCUT2D eigenvalue weighted by Gasteiger charge is 2.44. The second kappa shape index (κ2) is 9.06. The van der Waals surface area contributed by atoms with E-state index in [9.17, 15) is 17.6 Å². The molecule has 0 aromatic heterocycles. The number of hydrogen-bond acceptors (Lipinski definition) is 5. The smallest absolute Gasteiger partial charge is 0.280 e. The Hall–Kier alpha value is -1.24. The van der Waals surface area contributed by atoms with Crippen LogP contribution in [0.3, 0.4) is 0 Å². The summed E-state index contributed by atoms with van der Waals surface area (Å²) < 4.78 is 47.5. The molecule has 158 valence electrons. The van der Waals surface area contributed by atoms with Gasteiger partial charge in [0.25, 0.3) is 10.2 Å². The number of rotatable bonds is 7. The van der Waals surface area contributed by atoms with Crippen molar-refractivity contribution < 1.29 is 27.4 Å². The van der Waals surface area contributed by atoms with Crippen molar-refractivity contribution in [3.63, 3.8) is 0 Å². The molecule has 0 unspecified atom stereocenters. The van der Waals surface area contributed by atoms with Crippen molar-refractivity contribution in [2.24, 2.45) is 5.92 Å². The first-order valence-corrected chi connectivity index (χ1v) is 10.2. The summed E-state index contributed by atoms with van der Waals surface area (Å²) in [6.45, 7) is 2.19. The monoisotopic (exact) mass is 435 g/mol. The number of amides is 1. The second-order valence-electron chi connectivity index (χ2n) is 7.15. The Kier molecular flexibility index (Phi) is 7.45. The van der Waals surface area contributed by atoms with Crippen molar-refractivity contribution in [3.05, 3.63) is 29.6 Å². The van der Waals surface area contributed by atoms with Gasteiger partial charge in [0, 0.05) is 25.4 Å². The quantitative estimate of drug-likeness (QED) is 0.578. The van der Waals surface area contributed by atoms with E-state index in [0.717, 1.165) is 0 Å². The molecule has 3 N–H and O–H groups in total. The van der Waals surface area contributed by atoms with E-state index in [0.29, 0.717) is 17.7 Å². The number of ether oxygens (including phenoxy) is 1. The molecule has 1 aromatic carbocycles. The Morgan fingerprint density at radius 2 is 2.14 bits per heavy atom. The predicted octanol–water partition coefficient (Wildman–Crippen LogP) is 0.493. The van der Waals surface area contributed by atoms with Crippen LogP contribution in [-0.4, -0.2) is 62.2 Å². The number of benzene rings is 1. The molecule has 2 heterocycles. The van der Waals surface area contributed by atoms with E-state index < -0.39 is 21.7 Å². The fraction of sp³-hybridized carbons (Fsp3) is 0.588. The zero-order valence-electron chi connectivity index (χ0n) is 15.6. The summed E-state index contributed by atoms with van der Waals surface area (Å²) in [5, 5.41) is 11.9. The van der Waals surface area contributed by atoms with Crippen molar-refractivity contribution >= 4 is 35.3 Å². The molecule has 8 nitrogen and oxygen atoms in total. The Bertz CT molecular complexity index is 817. The van der Waals surface area contributed by atoms with Gasteiger partial charge >= 0.3 is 0 Å². The van der Waals surface area contributed by atoms with Crippen molar-refractivity contribution in [3.8, 4) is 0 Å². The van der Waals surface area contributed by atoms with Crippen LogP contribution in [0.5, 0.6) is 0 Å². The summed E-state index contributed by atoms with van der Waals surface area (Å²) in [6.07, 6.45) is 0.671. The molecule has 0 spiro atoms. The molecule has 0 radical (unpaired) electrons. The lowest BCUT2D eigenvalue weighted by Gasteiger charge is -2.42. The number of nitrogens with one attached hydrogen (secondary N) is 2. The maximum absolute atomic E-state index is 13.3. The normalized spacial score (nSPS) is 21.6. The predicted molar refractivity (Wildman–Crippen MR) is 107 cm³/mol. The molecule has 11 heteroatoms. The molecule has 1 amide bonds. The minimum absolute atomic E-state index is 0. The number of halogens is 1. The highest BCUT2D eigenvalue weighted by molar-refractivity contribution is 7.87. The van der Waals surface area contributed by atoms with Crippen molar-refractivity contribution in [2.45, 2.75) is 25.3 Å². The van der Waals surface area contributed by atoms with Crippen LogP contribution >= 0.6 is 13.5 Å². The lowest BCUT2D eigenvalue weighted by molar-refractivity contribution is -0.119. The van der Waals surface area contributed by atoms with Crippen LogP contribution in [-0.2, 0) is 19.7 Å². The van der Waals surface area contributed by atoms with Gasteiger partial charge in [-0.2, -0.15) is 30.9 Å². The molecule has 2 aliphatic rings. The number of aliphatic hydroxyl groups is 1. The zero-order valence-corrected chi connectivity index (χ0v) is 17.4. The topological polar surface area (TPSA) is 108 Å². The third-order valence-electron chi connectivity index (χ3n) is 4.98. The van der Waals surface area contributed by atoms with Gasteiger partial charge in [0.2, 0.25) is 5.91 Å². The maximum atomic E-state index is 13.3. The Balaban J connectivity index is 0.00000280. The third kappa shape index (κ3) is 5.02. The Labute approximate surface area is 171 Å². The number of aliphatic hydroxyl groups excluding tert-OH is 1. The molecule has 3 rings (SSSR count). The molecule has 0 saturated carbocycles. The molecule has 1 aromatic rings. The molecule has 28 heavy (non-hydrogen) atoms. The lowest BCUT2D eigenvalue weighted by atomic mass is 9.95. The Morgan fingerprint density at radius 3 is 2.71 bits per heavy atom. The van der Waals surface area contributed by atoms with Gasteiger partial charge in [0.15, 0.2) is 0 Å². The van der Waals surface area contributed by atoms with Gasteiger partial charge in [-0.15, -0.1) is 0 Å². The lowest BCUT2D eigenvalue weighted by Crippen LogP contribution is -2.64. The van der Waals surface area contributed by atoms with Crippen LogP contribution < -0.4 is 10.0 Å². The molecule has 2 fully saturated rings. The van der Waals surface area contributed by atoms with Crippen LogP contribution in [0, 0.1) is 18.7 Å². The van der Waals surface area contributed by atoms with E-state index in [1.807, 2.05) is 0 Å². The van der Waals surface area contributed by atoms with Gasteiger partial charge in [-0.25, -0.2) is 4.39 Å². The molecular formula is C17H26FN3O5S2. The minimum atomic E-state index is -3.79. The van der Waals surface area contributed by atoms with Crippen molar-refractivity contribution in [1.29, 1.82) is 0 Å². The molecule has 2 saturated heterocycles. The van der Waals surface area contributed by atoms with Gasteiger partial charge in [0.1, 0.15) is 5.82 Å². The fourth-order valence-corrected chi connectivity index (χ4v) is 4.90.